The van der Waals surface area contributed by atoms with Gasteiger partial charge >= 0.3 is 0 Å². The lowest BCUT2D eigenvalue weighted by molar-refractivity contribution is 0.447. The van der Waals surface area contributed by atoms with Gasteiger partial charge in [0.15, 0.2) is 0 Å². The fourth-order valence-corrected chi connectivity index (χ4v) is 2.83. The zero-order valence-corrected chi connectivity index (χ0v) is 9.29. The molecule has 1 rings (SSSR count). The normalized spacial score (nSPS) is 32.2. The van der Waals surface area contributed by atoms with Crippen LogP contribution in [0.1, 0.15) is 39.5 Å². The van der Waals surface area contributed by atoms with Crippen molar-refractivity contribution in [3.63, 3.8) is 0 Å². The summed E-state index contributed by atoms with van der Waals surface area (Å²) in [5.41, 5.74) is 0. The first-order chi connectivity index (χ1) is 5.77. The lowest BCUT2D eigenvalue weighted by Gasteiger charge is -2.23. The standard InChI is InChI=1S/C10H21NS/c1-4-8(2)11-9-6-5-7-10(9)12-3/h8-11H,4-7H2,1-3H3. The smallest absolute Gasteiger partial charge is 0.0198 e. The first-order valence-corrected chi connectivity index (χ1v) is 6.35. The van der Waals surface area contributed by atoms with E-state index in [9.17, 15) is 0 Å². The van der Waals surface area contributed by atoms with Crippen LogP contribution in [0, 0.1) is 0 Å². The van der Waals surface area contributed by atoms with E-state index < -0.39 is 0 Å². The molecule has 0 bridgehead atoms. The quantitative estimate of drug-likeness (QED) is 0.726. The Balaban J connectivity index is 2.30. The molecule has 0 saturated heterocycles. The molecular weight excluding hydrogens is 166 g/mol. The zero-order chi connectivity index (χ0) is 8.97. The predicted octanol–water partition coefficient (Wildman–Crippen LogP) is 2.66. The van der Waals surface area contributed by atoms with Gasteiger partial charge in [0.1, 0.15) is 0 Å². The molecule has 0 amide bonds. The maximum atomic E-state index is 3.71. The van der Waals surface area contributed by atoms with Crippen molar-refractivity contribution in [1.29, 1.82) is 0 Å². The van der Waals surface area contributed by atoms with E-state index >= 15 is 0 Å². The number of thioether (sulfide) groups is 1. The van der Waals surface area contributed by atoms with E-state index in [1.165, 1.54) is 25.7 Å². The van der Waals surface area contributed by atoms with Crippen LogP contribution in [-0.2, 0) is 0 Å². The Morgan fingerprint density at radius 1 is 1.50 bits per heavy atom. The Morgan fingerprint density at radius 3 is 2.83 bits per heavy atom. The zero-order valence-electron chi connectivity index (χ0n) is 8.47. The SMILES string of the molecule is CCC(C)NC1CCCC1SC. The Labute approximate surface area is 80.7 Å². The second-order valence-electron chi connectivity index (χ2n) is 3.79. The van der Waals surface area contributed by atoms with Crippen LogP contribution >= 0.6 is 11.8 Å². The third kappa shape index (κ3) is 2.67. The molecule has 0 heterocycles. The Morgan fingerprint density at radius 2 is 2.25 bits per heavy atom. The van der Waals surface area contributed by atoms with Crippen LogP contribution in [0.5, 0.6) is 0 Å². The van der Waals surface area contributed by atoms with E-state index in [2.05, 4.69) is 25.4 Å². The van der Waals surface area contributed by atoms with Gasteiger partial charge < -0.3 is 5.32 Å². The molecule has 3 atom stereocenters. The lowest BCUT2D eigenvalue weighted by atomic mass is 10.2. The van der Waals surface area contributed by atoms with Crippen LogP contribution in [-0.4, -0.2) is 23.6 Å². The minimum absolute atomic E-state index is 0.697. The Hall–Kier alpha value is 0.310. The van der Waals surface area contributed by atoms with Crippen molar-refractivity contribution in [2.75, 3.05) is 6.26 Å². The van der Waals surface area contributed by atoms with Crippen molar-refractivity contribution in [2.24, 2.45) is 0 Å². The maximum Gasteiger partial charge on any atom is 0.0198 e. The summed E-state index contributed by atoms with van der Waals surface area (Å²) in [5, 5.41) is 4.58. The van der Waals surface area contributed by atoms with Crippen molar-refractivity contribution in [3.8, 4) is 0 Å². The molecule has 1 nitrogen and oxygen atoms in total. The molecule has 1 N–H and O–H groups in total. The van der Waals surface area contributed by atoms with Crippen molar-refractivity contribution >= 4 is 11.8 Å². The fraction of sp³-hybridized carbons (Fsp3) is 1.00. The third-order valence-corrected chi connectivity index (χ3v) is 4.04. The Kier molecular flexibility index (Phi) is 4.44. The average Bonchev–Trinajstić information content (AvgIpc) is 2.51. The second kappa shape index (κ2) is 5.13. The number of hydrogen-bond donors (Lipinski definition) is 1. The number of hydrogen-bond acceptors (Lipinski definition) is 2. The summed E-state index contributed by atoms with van der Waals surface area (Å²) in [4.78, 5) is 0. The van der Waals surface area contributed by atoms with Crippen LogP contribution in [0.15, 0.2) is 0 Å². The van der Waals surface area contributed by atoms with E-state index in [0.29, 0.717) is 6.04 Å². The molecule has 1 aliphatic rings. The highest BCUT2D eigenvalue weighted by atomic mass is 32.2. The van der Waals surface area contributed by atoms with Gasteiger partial charge in [-0.15, -0.1) is 0 Å². The molecule has 3 unspecified atom stereocenters. The highest BCUT2D eigenvalue weighted by Crippen LogP contribution is 2.28. The summed E-state index contributed by atoms with van der Waals surface area (Å²) in [5.74, 6) is 0. The summed E-state index contributed by atoms with van der Waals surface area (Å²) < 4.78 is 0. The van der Waals surface area contributed by atoms with Gasteiger partial charge in [0, 0.05) is 17.3 Å². The van der Waals surface area contributed by atoms with Gasteiger partial charge in [-0.25, -0.2) is 0 Å². The highest BCUT2D eigenvalue weighted by Gasteiger charge is 2.26. The van der Waals surface area contributed by atoms with Gasteiger partial charge in [0.05, 0.1) is 0 Å². The van der Waals surface area contributed by atoms with E-state index in [1.54, 1.807) is 0 Å². The van der Waals surface area contributed by atoms with E-state index in [1.807, 2.05) is 11.8 Å². The van der Waals surface area contributed by atoms with Gasteiger partial charge in [0.2, 0.25) is 0 Å². The predicted molar refractivity (Wildman–Crippen MR) is 57.8 cm³/mol. The first-order valence-electron chi connectivity index (χ1n) is 5.06. The van der Waals surface area contributed by atoms with E-state index in [0.717, 1.165) is 11.3 Å². The van der Waals surface area contributed by atoms with Crippen LogP contribution in [0.3, 0.4) is 0 Å². The van der Waals surface area contributed by atoms with Crippen molar-refractivity contribution < 1.29 is 0 Å². The molecule has 2 heteroatoms. The molecule has 0 aromatic heterocycles. The molecule has 1 fully saturated rings. The van der Waals surface area contributed by atoms with Gasteiger partial charge in [-0.05, 0) is 32.4 Å². The van der Waals surface area contributed by atoms with Crippen LogP contribution in [0.2, 0.25) is 0 Å². The maximum absolute atomic E-state index is 3.71. The summed E-state index contributed by atoms with van der Waals surface area (Å²) in [6.07, 6.45) is 7.70. The molecule has 1 aliphatic carbocycles. The molecule has 0 aliphatic heterocycles. The fourth-order valence-electron chi connectivity index (χ4n) is 1.88. The second-order valence-corrected chi connectivity index (χ2v) is 4.86. The molecule has 72 valence electrons. The molecule has 1 saturated carbocycles. The lowest BCUT2D eigenvalue weighted by Crippen LogP contribution is -2.39. The molecule has 12 heavy (non-hydrogen) atoms. The van der Waals surface area contributed by atoms with Gasteiger partial charge in [-0.2, -0.15) is 11.8 Å². The minimum atomic E-state index is 0.697. The van der Waals surface area contributed by atoms with Crippen LogP contribution < -0.4 is 5.32 Å². The van der Waals surface area contributed by atoms with Gasteiger partial charge in [0.25, 0.3) is 0 Å². The van der Waals surface area contributed by atoms with Gasteiger partial charge in [-0.1, -0.05) is 13.3 Å². The molecule has 0 aromatic carbocycles. The van der Waals surface area contributed by atoms with Gasteiger partial charge in [-0.3, -0.25) is 0 Å². The summed E-state index contributed by atoms with van der Waals surface area (Å²) in [6.45, 7) is 4.54. The largest absolute Gasteiger partial charge is 0.310 e. The summed E-state index contributed by atoms with van der Waals surface area (Å²) >= 11 is 2.03. The van der Waals surface area contributed by atoms with Crippen molar-refractivity contribution in [2.45, 2.75) is 56.9 Å². The van der Waals surface area contributed by atoms with Crippen molar-refractivity contribution in [1.82, 2.24) is 5.32 Å². The Bertz CT molecular complexity index is 127. The summed E-state index contributed by atoms with van der Waals surface area (Å²) in [7, 11) is 0. The van der Waals surface area contributed by atoms with Crippen molar-refractivity contribution in [3.05, 3.63) is 0 Å². The highest BCUT2D eigenvalue weighted by molar-refractivity contribution is 7.99. The minimum Gasteiger partial charge on any atom is -0.310 e. The molecule has 0 aromatic rings. The van der Waals surface area contributed by atoms with Crippen LogP contribution in [0.25, 0.3) is 0 Å². The monoisotopic (exact) mass is 187 g/mol. The summed E-state index contributed by atoms with van der Waals surface area (Å²) in [6, 6.07) is 1.48. The third-order valence-electron chi connectivity index (χ3n) is 2.87. The number of rotatable bonds is 4. The van der Waals surface area contributed by atoms with E-state index in [-0.39, 0.29) is 0 Å². The topological polar surface area (TPSA) is 12.0 Å². The van der Waals surface area contributed by atoms with E-state index in [4.69, 9.17) is 0 Å². The molecule has 0 spiro atoms. The number of nitrogens with one attached hydrogen (secondary N) is 1. The molecule has 0 radical (unpaired) electrons. The average molecular weight is 187 g/mol. The molecular formula is C10H21NS. The van der Waals surface area contributed by atoms with Crippen LogP contribution in [0.4, 0.5) is 0 Å². The first kappa shape index (κ1) is 10.4.